The van der Waals surface area contributed by atoms with Gasteiger partial charge in [-0.15, -0.1) is 0 Å². The number of carboxylic acid groups (broad SMARTS) is 1. The number of aromatic carboxylic acids is 1. The zero-order valence-electron chi connectivity index (χ0n) is 10.5. The third-order valence-corrected chi connectivity index (χ3v) is 4.10. The van der Waals surface area contributed by atoms with Crippen molar-refractivity contribution < 1.29 is 27.3 Å². The fourth-order valence-electron chi connectivity index (χ4n) is 1.70. The first-order valence-corrected chi connectivity index (χ1v) is 7.05. The molecule has 0 aliphatic heterocycles. The molecule has 0 aliphatic carbocycles. The zero-order valence-corrected chi connectivity index (χ0v) is 11.3. The van der Waals surface area contributed by atoms with Gasteiger partial charge in [0.15, 0.2) is 0 Å². The summed E-state index contributed by atoms with van der Waals surface area (Å²) < 4.78 is 52.0. The molecule has 0 saturated heterocycles. The molecule has 2 rings (SSSR count). The molecule has 7 heteroatoms. The molecule has 0 bridgehead atoms. The number of benzene rings is 2. The van der Waals surface area contributed by atoms with Crippen LogP contribution in [0, 0.1) is 17.5 Å². The highest BCUT2D eigenvalue weighted by atomic mass is 32.2. The lowest BCUT2D eigenvalue weighted by Gasteiger charge is -2.05. The smallest absolute Gasteiger partial charge is 0.338 e. The van der Waals surface area contributed by atoms with Crippen LogP contribution < -0.4 is 0 Å². The van der Waals surface area contributed by atoms with E-state index in [0.717, 1.165) is 30.3 Å². The number of halogens is 3. The Labute approximate surface area is 120 Å². The topological polar surface area (TPSA) is 54.4 Å². The monoisotopic (exact) mass is 314 g/mol. The molecule has 0 heterocycles. The Hall–Kier alpha value is -2.15. The minimum Gasteiger partial charge on any atom is -0.478 e. The van der Waals surface area contributed by atoms with E-state index in [1.165, 1.54) is 6.07 Å². The molecule has 0 radical (unpaired) electrons. The van der Waals surface area contributed by atoms with Crippen LogP contribution in [0.1, 0.15) is 15.9 Å². The normalized spacial score (nSPS) is 12.1. The third-order valence-electron chi connectivity index (χ3n) is 2.70. The van der Waals surface area contributed by atoms with Crippen molar-refractivity contribution >= 4 is 16.8 Å². The Bertz CT molecular complexity index is 731. The maximum atomic E-state index is 13.5. The molecule has 0 aromatic heterocycles. The molecule has 1 N–H and O–H groups in total. The first-order chi connectivity index (χ1) is 9.88. The van der Waals surface area contributed by atoms with Crippen LogP contribution in [0.2, 0.25) is 0 Å². The second kappa shape index (κ2) is 6.09. The van der Waals surface area contributed by atoms with Gasteiger partial charge in [0.25, 0.3) is 0 Å². The van der Waals surface area contributed by atoms with E-state index in [2.05, 4.69) is 0 Å². The van der Waals surface area contributed by atoms with Gasteiger partial charge >= 0.3 is 5.97 Å². The van der Waals surface area contributed by atoms with Crippen LogP contribution >= 0.6 is 0 Å². The van der Waals surface area contributed by atoms with Gasteiger partial charge in [0.05, 0.1) is 27.0 Å². The van der Waals surface area contributed by atoms with Crippen LogP contribution in [0.15, 0.2) is 41.3 Å². The molecule has 0 fully saturated rings. The summed E-state index contributed by atoms with van der Waals surface area (Å²) in [6.07, 6.45) is 0. The third kappa shape index (κ3) is 3.49. The molecule has 0 spiro atoms. The fourth-order valence-corrected chi connectivity index (χ4v) is 2.87. The summed E-state index contributed by atoms with van der Waals surface area (Å²) in [4.78, 5) is 10.3. The van der Waals surface area contributed by atoms with E-state index in [4.69, 9.17) is 5.11 Å². The fraction of sp³-hybridized carbons (Fsp3) is 0.0714. The lowest BCUT2D eigenvalue weighted by Crippen LogP contribution is -2.04. The SMILES string of the molecule is O=C(O)c1ccc(CS(=O)c2cc(F)ccc2F)cc1F. The Morgan fingerprint density at radius 1 is 1.05 bits per heavy atom. The summed E-state index contributed by atoms with van der Waals surface area (Å²) in [6, 6.07) is 5.80. The van der Waals surface area contributed by atoms with Crippen LogP contribution in [0.5, 0.6) is 0 Å². The first kappa shape index (κ1) is 15.2. The quantitative estimate of drug-likeness (QED) is 0.943. The second-order valence-corrected chi connectivity index (χ2v) is 5.60. The minimum absolute atomic E-state index is 0.222. The van der Waals surface area contributed by atoms with Gasteiger partial charge in [0, 0.05) is 0 Å². The van der Waals surface area contributed by atoms with E-state index in [-0.39, 0.29) is 16.2 Å². The molecule has 0 aliphatic rings. The molecule has 2 aromatic rings. The van der Waals surface area contributed by atoms with Gasteiger partial charge in [-0.25, -0.2) is 18.0 Å². The molecule has 0 amide bonds. The standard InChI is InChI=1S/C14H9F3O3S/c15-9-2-4-11(16)13(6-9)21(20)7-8-1-3-10(14(18)19)12(17)5-8/h1-6H,7H2,(H,18,19). The van der Waals surface area contributed by atoms with Crippen LogP contribution in [0.4, 0.5) is 13.2 Å². The van der Waals surface area contributed by atoms with Crippen molar-refractivity contribution in [3.63, 3.8) is 0 Å². The summed E-state index contributed by atoms with van der Waals surface area (Å²) >= 11 is 0. The highest BCUT2D eigenvalue weighted by Gasteiger charge is 2.15. The van der Waals surface area contributed by atoms with Crippen molar-refractivity contribution in [1.82, 2.24) is 0 Å². The average Bonchev–Trinajstić information content (AvgIpc) is 2.41. The number of rotatable bonds is 4. The molecule has 3 nitrogen and oxygen atoms in total. The molecule has 1 unspecified atom stereocenters. The molecule has 110 valence electrons. The Morgan fingerprint density at radius 3 is 2.38 bits per heavy atom. The van der Waals surface area contributed by atoms with Gasteiger partial charge in [-0.05, 0) is 35.9 Å². The largest absolute Gasteiger partial charge is 0.478 e. The maximum absolute atomic E-state index is 13.5. The van der Waals surface area contributed by atoms with E-state index in [1.807, 2.05) is 0 Å². The number of carbonyl (C=O) groups is 1. The van der Waals surface area contributed by atoms with E-state index < -0.39 is 39.8 Å². The average molecular weight is 314 g/mol. The van der Waals surface area contributed by atoms with E-state index in [9.17, 15) is 22.2 Å². The molecule has 2 aromatic carbocycles. The van der Waals surface area contributed by atoms with Gasteiger partial charge in [-0.1, -0.05) is 6.07 Å². The summed E-state index contributed by atoms with van der Waals surface area (Å²) in [7, 11) is -1.91. The molecule has 21 heavy (non-hydrogen) atoms. The van der Waals surface area contributed by atoms with E-state index in [1.54, 1.807) is 0 Å². The van der Waals surface area contributed by atoms with Crippen molar-refractivity contribution in [2.75, 3.05) is 0 Å². The van der Waals surface area contributed by atoms with Gasteiger partial charge < -0.3 is 5.11 Å². The van der Waals surface area contributed by atoms with Gasteiger partial charge in [0.2, 0.25) is 0 Å². The summed E-state index contributed by atoms with van der Waals surface area (Å²) in [6.45, 7) is 0. The predicted octanol–water partition coefficient (Wildman–Crippen LogP) is 3.11. The second-order valence-electron chi connectivity index (χ2n) is 4.18. The summed E-state index contributed by atoms with van der Waals surface area (Å²) in [5.74, 6) is -4.20. The summed E-state index contributed by atoms with van der Waals surface area (Å²) in [5.41, 5.74) is -0.291. The van der Waals surface area contributed by atoms with Crippen molar-refractivity contribution in [3.8, 4) is 0 Å². The van der Waals surface area contributed by atoms with E-state index >= 15 is 0 Å². The Morgan fingerprint density at radius 2 is 1.76 bits per heavy atom. The van der Waals surface area contributed by atoms with Crippen LogP contribution in [0.25, 0.3) is 0 Å². The Balaban J connectivity index is 2.26. The van der Waals surface area contributed by atoms with Crippen molar-refractivity contribution in [2.24, 2.45) is 0 Å². The van der Waals surface area contributed by atoms with Crippen LogP contribution in [0.3, 0.4) is 0 Å². The van der Waals surface area contributed by atoms with Crippen LogP contribution in [-0.4, -0.2) is 15.3 Å². The number of hydrogen-bond acceptors (Lipinski definition) is 2. The van der Waals surface area contributed by atoms with Gasteiger partial charge in [0.1, 0.15) is 17.5 Å². The highest BCUT2D eigenvalue weighted by Crippen LogP contribution is 2.19. The Kier molecular flexibility index (Phi) is 4.42. The molecular weight excluding hydrogens is 305 g/mol. The molecular formula is C14H9F3O3S. The van der Waals surface area contributed by atoms with Crippen molar-refractivity contribution in [3.05, 3.63) is 65.0 Å². The van der Waals surface area contributed by atoms with Crippen molar-refractivity contribution in [1.29, 1.82) is 0 Å². The maximum Gasteiger partial charge on any atom is 0.338 e. The predicted molar refractivity (Wildman–Crippen MR) is 69.8 cm³/mol. The van der Waals surface area contributed by atoms with E-state index in [0.29, 0.717) is 0 Å². The van der Waals surface area contributed by atoms with Gasteiger partial charge in [-0.2, -0.15) is 0 Å². The summed E-state index contributed by atoms with van der Waals surface area (Å²) in [5, 5.41) is 8.69. The first-order valence-electron chi connectivity index (χ1n) is 5.73. The minimum atomic E-state index is -1.91. The van der Waals surface area contributed by atoms with Crippen LogP contribution in [-0.2, 0) is 16.6 Å². The lowest BCUT2D eigenvalue weighted by molar-refractivity contribution is 0.0692. The highest BCUT2D eigenvalue weighted by molar-refractivity contribution is 7.84. The number of carboxylic acids is 1. The number of hydrogen-bond donors (Lipinski definition) is 1. The molecule has 0 saturated carbocycles. The zero-order chi connectivity index (χ0) is 15.6. The van der Waals surface area contributed by atoms with Gasteiger partial charge in [-0.3, -0.25) is 4.21 Å². The lowest BCUT2D eigenvalue weighted by atomic mass is 10.1. The molecule has 1 atom stereocenters. The van der Waals surface area contributed by atoms with Crippen molar-refractivity contribution in [2.45, 2.75) is 10.6 Å².